The lowest BCUT2D eigenvalue weighted by Crippen LogP contribution is -2.73. The molecular weight excluding hydrogens is 388 g/mol. The van der Waals surface area contributed by atoms with Crippen molar-refractivity contribution >= 4 is 35.2 Å². The lowest BCUT2D eigenvalue weighted by molar-refractivity contribution is -0.294. The standard InChI is InChI=1S/C14H13Cl2F3N2O4/c1-2-25-11(22)9-10(6-3-4-7(15)8(16)5-6)20-12(23)21-13(9,24)14(17,18)19/h3-5,9-10,24H,2H2,1H3,(H2,20,21,23)/t9-,10+,13+/m1/s1. The molecule has 2 amide bonds. The summed E-state index contributed by atoms with van der Waals surface area (Å²) in [7, 11) is 0. The number of aliphatic hydroxyl groups is 1. The number of rotatable bonds is 3. The topological polar surface area (TPSA) is 87.7 Å². The molecular formula is C14H13Cl2F3N2O4. The van der Waals surface area contributed by atoms with Gasteiger partial charge >= 0.3 is 18.2 Å². The second-order valence-electron chi connectivity index (χ2n) is 5.24. The van der Waals surface area contributed by atoms with Crippen LogP contribution in [0, 0.1) is 5.92 Å². The number of ether oxygens (including phenoxy) is 1. The third-order valence-electron chi connectivity index (χ3n) is 3.65. The van der Waals surface area contributed by atoms with E-state index in [9.17, 15) is 27.9 Å². The van der Waals surface area contributed by atoms with Crippen molar-refractivity contribution in [2.75, 3.05) is 6.61 Å². The first-order valence-corrected chi connectivity index (χ1v) is 7.76. The smallest absolute Gasteiger partial charge is 0.437 e. The minimum atomic E-state index is -5.34. The Hall–Kier alpha value is -1.71. The molecule has 0 aromatic heterocycles. The van der Waals surface area contributed by atoms with Crippen LogP contribution < -0.4 is 10.6 Å². The molecule has 138 valence electrons. The molecule has 2 rings (SSSR count). The van der Waals surface area contributed by atoms with E-state index in [0.717, 1.165) is 0 Å². The molecule has 0 saturated carbocycles. The van der Waals surface area contributed by atoms with Gasteiger partial charge in [-0.05, 0) is 24.6 Å². The number of hydrogen-bond donors (Lipinski definition) is 3. The van der Waals surface area contributed by atoms with Crippen LogP contribution in [0.5, 0.6) is 0 Å². The number of benzene rings is 1. The van der Waals surface area contributed by atoms with E-state index in [1.807, 2.05) is 0 Å². The Bertz CT molecular complexity index is 701. The molecule has 25 heavy (non-hydrogen) atoms. The molecule has 1 aromatic carbocycles. The number of urea groups is 1. The Labute approximate surface area is 150 Å². The monoisotopic (exact) mass is 400 g/mol. The summed E-state index contributed by atoms with van der Waals surface area (Å²) in [5.74, 6) is -3.55. The number of carbonyl (C=O) groups is 2. The van der Waals surface area contributed by atoms with Gasteiger partial charge in [0.2, 0.25) is 0 Å². The average Bonchev–Trinajstić information content (AvgIpc) is 2.48. The van der Waals surface area contributed by atoms with Gasteiger partial charge in [-0.3, -0.25) is 4.79 Å². The Balaban J connectivity index is 2.59. The molecule has 0 spiro atoms. The fourth-order valence-corrected chi connectivity index (χ4v) is 2.83. The van der Waals surface area contributed by atoms with Crippen molar-refractivity contribution in [3.05, 3.63) is 33.8 Å². The fourth-order valence-electron chi connectivity index (χ4n) is 2.52. The van der Waals surface area contributed by atoms with Crippen molar-refractivity contribution in [3.8, 4) is 0 Å². The highest BCUT2D eigenvalue weighted by atomic mass is 35.5. The van der Waals surface area contributed by atoms with Crippen molar-refractivity contribution in [1.29, 1.82) is 0 Å². The van der Waals surface area contributed by atoms with Crippen molar-refractivity contribution in [2.24, 2.45) is 5.92 Å². The highest BCUT2D eigenvalue weighted by Crippen LogP contribution is 2.43. The van der Waals surface area contributed by atoms with Crippen LogP contribution in [0.4, 0.5) is 18.0 Å². The predicted octanol–water partition coefficient (Wildman–Crippen LogP) is 2.78. The summed E-state index contributed by atoms with van der Waals surface area (Å²) in [6.45, 7) is 1.18. The number of halogens is 5. The average molecular weight is 401 g/mol. The zero-order chi connectivity index (χ0) is 19.0. The van der Waals surface area contributed by atoms with Crippen LogP contribution in [-0.2, 0) is 9.53 Å². The van der Waals surface area contributed by atoms with Gasteiger partial charge in [-0.2, -0.15) is 13.2 Å². The van der Waals surface area contributed by atoms with Crippen molar-refractivity contribution in [1.82, 2.24) is 10.6 Å². The first kappa shape index (κ1) is 19.6. The number of amides is 2. The molecule has 1 aromatic rings. The molecule has 0 aliphatic carbocycles. The van der Waals surface area contributed by atoms with Gasteiger partial charge in [-0.25, -0.2) is 4.79 Å². The second kappa shape index (κ2) is 6.89. The third kappa shape index (κ3) is 3.63. The van der Waals surface area contributed by atoms with E-state index in [1.165, 1.54) is 30.4 Å². The highest BCUT2D eigenvalue weighted by Gasteiger charge is 2.67. The number of esters is 1. The number of nitrogens with one attached hydrogen (secondary N) is 2. The summed E-state index contributed by atoms with van der Waals surface area (Å²) in [5.41, 5.74) is -3.77. The van der Waals surface area contributed by atoms with E-state index in [-0.39, 0.29) is 22.2 Å². The summed E-state index contributed by atoms with van der Waals surface area (Å²) in [6, 6.07) is 0.921. The number of hydrogen-bond acceptors (Lipinski definition) is 4. The SMILES string of the molecule is CCOC(=O)[C@H]1[C@H](c2ccc(Cl)c(Cl)c2)NC(=O)N[C@@]1(O)C(F)(F)F. The zero-order valence-corrected chi connectivity index (χ0v) is 14.2. The molecule has 0 unspecified atom stereocenters. The van der Waals surface area contributed by atoms with Gasteiger partial charge in [0.1, 0.15) is 5.92 Å². The van der Waals surface area contributed by atoms with Gasteiger partial charge in [0.05, 0.1) is 22.7 Å². The van der Waals surface area contributed by atoms with Crippen molar-refractivity contribution in [2.45, 2.75) is 24.9 Å². The summed E-state index contributed by atoms with van der Waals surface area (Å²) in [5, 5.41) is 13.8. The van der Waals surface area contributed by atoms with E-state index in [1.54, 1.807) is 0 Å². The summed E-state index contributed by atoms with van der Waals surface area (Å²) < 4.78 is 45.0. The van der Waals surface area contributed by atoms with Gasteiger partial charge < -0.3 is 20.5 Å². The quantitative estimate of drug-likeness (QED) is 0.680. The Morgan fingerprint density at radius 3 is 2.52 bits per heavy atom. The first-order chi connectivity index (χ1) is 11.5. The molecule has 11 heteroatoms. The highest BCUT2D eigenvalue weighted by molar-refractivity contribution is 6.42. The van der Waals surface area contributed by atoms with Crippen LogP contribution in [0.2, 0.25) is 10.0 Å². The summed E-state index contributed by atoms with van der Waals surface area (Å²) in [4.78, 5) is 23.9. The van der Waals surface area contributed by atoms with Crippen LogP contribution in [0.3, 0.4) is 0 Å². The molecule has 1 heterocycles. The minimum Gasteiger partial charge on any atom is -0.466 e. The number of carbonyl (C=O) groups excluding carboxylic acids is 2. The van der Waals surface area contributed by atoms with Crippen LogP contribution in [0.15, 0.2) is 18.2 Å². The lowest BCUT2D eigenvalue weighted by Gasteiger charge is -2.44. The maximum Gasteiger partial charge on any atom is 0.437 e. The molecule has 1 saturated heterocycles. The van der Waals surface area contributed by atoms with Crippen molar-refractivity contribution < 1.29 is 32.6 Å². The van der Waals surface area contributed by atoms with E-state index in [2.05, 4.69) is 10.1 Å². The molecule has 6 nitrogen and oxygen atoms in total. The zero-order valence-electron chi connectivity index (χ0n) is 12.7. The Morgan fingerprint density at radius 1 is 1.36 bits per heavy atom. The molecule has 0 radical (unpaired) electrons. The molecule has 3 atom stereocenters. The van der Waals surface area contributed by atoms with Crippen LogP contribution >= 0.6 is 23.2 Å². The largest absolute Gasteiger partial charge is 0.466 e. The molecule has 3 N–H and O–H groups in total. The van der Waals surface area contributed by atoms with Gasteiger partial charge in [-0.1, -0.05) is 29.3 Å². The minimum absolute atomic E-state index is 0.00473. The molecule has 1 fully saturated rings. The number of alkyl halides is 3. The Kier molecular flexibility index (Phi) is 5.41. The maximum atomic E-state index is 13.4. The van der Waals surface area contributed by atoms with E-state index in [0.29, 0.717) is 0 Å². The van der Waals surface area contributed by atoms with Gasteiger partial charge in [0, 0.05) is 0 Å². The molecule has 1 aliphatic rings. The van der Waals surface area contributed by atoms with Crippen LogP contribution in [0.1, 0.15) is 18.5 Å². The van der Waals surface area contributed by atoms with E-state index >= 15 is 0 Å². The normalized spacial score (nSPS) is 26.6. The lowest BCUT2D eigenvalue weighted by atomic mass is 9.82. The van der Waals surface area contributed by atoms with E-state index in [4.69, 9.17) is 23.2 Å². The fraction of sp³-hybridized carbons (Fsp3) is 0.429. The maximum absolute atomic E-state index is 13.4. The Morgan fingerprint density at radius 2 is 2.00 bits per heavy atom. The van der Waals surface area contributed by atoms with Crippen LogP contribution in [0.25, 0.3) is 0 Å². The van der Waals surface area contributed by atoms with Crippen LogP contribution in [-0.4, -0.2) is 35.6 Å². The first-order valence-electron chi connectivity index (χ1n) is 7.00. The molecule has 0 bridgehead atoms. The van der Waals surface area contributed by atoms with Gasteiger partial charge in [0.15, 0.2) is 0 Å². The second-order valence-corrected chi connectivity index (χ2v) is 6.06. The third-order valence-corrected chi connectivity index (χ3v) is 4.39. The summed E-state index contributed by atoms with van der Waals surface area (Å²) in [6.07, 6.45) is -5.34. The van der Waals surface area contributed by atoms with Crippen molar-refractivity contribution in [3.63, 3.8) is 0 Å². The molecule has 1 aliphatic heterocycles. The summed E-state index contributed by atoms with van der Waals surface area (Å²) >= 11 is 11.6. The van der Waals surface area contributed by atoms with Gasteiger partial charge in [0.25, 0.3) is 5.72 Å². The van der Waals surface area contributed by atoms with Gasteiger partial charge in [-0.15, -0.1) is 0 Å². The predicted molar refractivity (Wildman–Crippen MR) is 82.0 cm³/mol. The van der Waals surface area contributed by atoms with E-state index < -0.39 is 35.9 Å².